The molecule has 2 bridgehead atoms. The first-order valence-corrected chi connectivity index (χ1v) is 12.0. The molecule has 0 spiro atoms. The van der Waals surface area contributed by atoms with Gasteiger partial charge in [-0.2, -0.15) is 0 Å². The first-order chi connectivity index (χ1) is 16.4. The van der Waals surface area contributed by atoms with E-state index in [0.29, 0.717) is 46.7 Å². The zero-order valence-corrected chi connectivity index (χ0v) is 20.5. The van der Waals surface area contributed by atoms with Crippen LogP contribution in [0.2, 0.25) is 10.0 Å². The molecule has 1 aliphatic heterocycles. The fourth-order valence-electron chi connectivity index (χ4n) is 4.50. The van der Waals surface area contributed by atoms with Gasteiger partial charge in [-0.05, 0) is 38.7 Å². The second-order valence-corrected chi connectivity index (χ2v) is 9.82. The molecule has 1 aromatic heterocycles. The van der Waals surface area contributed by atoms with Crippen molar-refractivity contribution in [2.24, 2.45) is 11.8 Å². The lowest BCUT2D eigenvalue weighted by molar-refractivity contribution is -0.0458. The second kappa shape index (κ2) is 9.70. The van der Waals surface area contributed by atoms with Crippen molar-refractivity contribution < 1.29 is 13.9 Å². The Morgan fingerprint density at radius 2 is 1.94 bits per heavy atom. The lowest BCUT2D eigenvalue weighted by Crippen LogP contribution is -2.59. The topological polar surface area (TPSA) is 71.5 Å². The van der Waals surface area contributed by atoms with E-state index in [0.717, 1.165) is 19.6 Å². The second-order valence-electron chi connectivity index (χ2n) is 9.03. The van der Waals surface area contributed by atoms with Gasteiger partial charge in [0.2, 0.25) is 0 Å². The SMILES string of the molecule is CN(C)CCOc1cc2ncnc(Nc3ccc(Cl)c(Cl)c3F)c2cc1O[C@@H]1[C@@H]2CNC[C@H]1C2. The van der Waals surface area contributed by atoms with E-state index in [1.165, 1.54) is 24.9 Å². The smallest absolute Gasteiger partial charge is 0.166 e. The van der Waals surface area contributed by atoms with Crippen molar-refractivity contribution in [2.45, 2.75) is 12.5 Å². The molecule has 1 saturated heterocycles. The highest BCUT2D eigenvalue weighted by molar-refractivity contribution is 6.42. The van der Waals surface area contributed by atoms with Crippen LogP contribution < -0.4 is 20.1 Å². The van der Waals surface area contributed by atoms with Gasteiger partial charge in [0.1, 0.15) is 24.9 Å². The Morgan fingerprint density at radius 3 is 2.68 bits per heavy atom. The number of halogens is 3. The quantitative estimate of drug-likeness (QED) is 0.428. The van der Waals surface area contributed by atoms with Gasteiger partial charge in [-0.15, -0.1) is 0 Å². The Kier molecular flexibility index (Phi) is 6.66. The molecule has 1 saturated carbocycles. The van der Waals surface area contributed by atoms with E-state index < -0.39 is 5.82 Å². The number of likely N-dealkylation sites (N-methyl/N-ethyl adjacent to an activating group) is 1. The van der Waals surface area contributed by atoms with Crippen molar-refractivity contribution in [1.82, 2.24) is 20.2 Å². The lowest BCUT2D eigenvalue weighted by Gasteiger charge is -2.49. The summed E-state index contributed by atoms with van der Waals surface area (Å²) in [5.41, 5.74) is 0.823. The number of benzene rings is 2. The van der Waals surface area contributed by atoms with E-state index in [4.69, 9.17) is 32.7 Å². The van der Waals surface area contributed by atoms with Gasteiger partial charge in [0, 0.05) is 42.9 Å². The standard InChI is InChI=1S/C24H26Cl2FN5O2/c1-32(2)5-6-33-19-9-18-15(8-20(19)34-23-13-7-14(23)11-28-10-13)24(30-12-29-18)31-17-4-3-16(25)21(26)22(17)27/h3-4,8-9,12-14,23,28H,5-7,10-11H2,1-2H3,(H,29,30,31)/t13-,14+,23+. The van der Waals surface area contributed by atoms with Crippen LogP contribution >= 0.6 is 23.2 Å². The first-order valence-electron chi connectivity index (χ1n) is 11.2. The molecule has 2 fully saturated rings. The summed E-state index contributed by atoms with van der Waals surface area (Å²) >= 11 is 11.9. The first kappa shape index (κ1) is 23.4. The van der Waals surface area contributed by atoms with Crippen molar-refractivity contribution in [3.8, 4) is 11.5 Å². The summed E-state index contributed by atoms with van der Waals surface area (Å²) in [6, 6.07) is 6.79. The van der Waals surface area contributed by atoms with E-state index in [2.05, 4.69) is 25.5 Å². The molecular weight excluding hydrogens is 480 g/mol. The van der Waals surface area contributed by atoms with Gasteiger partial charge in [0.15, 0.2) is 17.3 Å². The van der Waals surface area contributed by atoms with Crippen molar-refractivity contribution in [2.75, 3.05) is 45.7 Å². The lowest BCUT2D eigenvalue weighted by atomic mass is 9.69. The Morgan fingerprint density at radius 1 is 1.15 bits per heavy atom. The van der Waals surface area contributed by atoms with Gasteiger partial charge in [0.25, 0.3) is 0 Å². The van der Waals surface area contributed by atoms with Gasteiger partial charge in [0.05, 0.1) is 21.2 Å². The van der Waals surface area contributed by atoms with Crippen LogP contribution in [0.25, 0.3) is 10.9 Å². The summed E-state index contributed by atoms with van der Waals surface area (Å²) < 4.78 is 27.3. The minimum absolute atomic E-state index is 0.142. The average Bonchev–Trinajstić information content (AvgIpc) is 2.83. The molecule has 180 valence electrons. The van der Waals surface area contributed by atoms with Crippen LogP contribution in [-0.2, 0) is 0 Å². The highest BCUT2D eigenvalue weighted by Crippen LogP contribution is 2.43. The number of piperidine rings is 2. The summed E-state index contributed by atoms with van der Waals surface area (Å²) in [5, 5.41) is 7.15. The molecule has 0 unspecified atom stereocenters. The molecule has 3 atom stereocenters. The molecule has 10 heteroatoms. The zero-order valence-electron chi connectivity index (χ0n) is 18.9. The normalized spacial score (nSPS) is 21.4. The van der Waals surface area contributed by atoms with Crippen LogP contribution in [0.4, 0.5) is 15.9 Å². The third-order valence-corrected chi connectivity index (χ3v) is 7.18. The van der Waals surface area contributed by atoms with Crippen molar-refractivity contribution in [1.29, 1.82) is 0 Å². The maximum Gasteiger partial charge on any atom is 0.166 e. The minimum Gasteiger partial charge on any atom is -0.488 e. The highest BCUT2D eigenvalue weighted by atomic mass is 35.5. The van der Waals surface area contributed by atoms with Gasteiger partial charge < -0.3 is 25.0 Å². The van der Waals surface area contributed by atoms with E-state index in [-0.39, 0.29) is 21.8 Å². The molecule has 2 aliphatic rings. The van der Waals surface area contributed by atoms with E-state index in [1.54, 1.807) is 0 Å². The summed E-state index contributed by atoms with van der Waals surface area (Å²) in [6.07, 6.45) is 2.74. The zero-order chi connectivity index (χ0) is 23.8. The molecule has 0 radical (unpaired) electrons. The molecule has 3 aromatic rings. The molecule has 2 heterocycles. The third kappa shape index (κ3) is 4.60. The summed E-state index contributed by atoms with van der Waals surface area (Å²) in [4.78, 5) is 10.8. The molecule has 2 N–H and O–H groups in total. The predicted molar refractivity (Wildman–Crippen MR) is 132 cm³/mol. The fraction of sp³-hybridized carbons (Fsp3) is 0.417. The van der Waals surface area contributed by atoms with Crippen molar-refractivity contribution >= 4 is 45.6 Å². The largest absolute Gasteiger partial charge is 0.488 e. The summed E-state index contributed by atoms with van der Waals surface area (Å²) in [7, 11) is 3.99. The number of anilines is 2. The van der Waals surface area contributed by atoms with Crippen LogP contribution in [0, 0.1) is 17.7 Å². The third-order valence-electron chi connectivity index (χ3n) is 6.40. The van der Waals surface area contributed by atoms with Crippen LogP contribution in [0.5, 0.6) is 11.5 Å². The van der Waals surface area contributed by atoms with Crippen molar-refractivity contribution in [3.63, 3.8) is 0 Å². The average molecular weight is 506 g/mol. The number of hydrogen-bond acceptors (Lipinski definition) is 7. The monoisotopic (exact) mass is 505 g/mol. The maximum absolute atomic E-state index is 14.7. The molecule has 2 aromatic carbocycles. The molecule has 0 amide bonds. The fourth-order valence-corrected chi connectivity index (χ4v) is 4.81. The van der Waals surface area contributed by atoms with E-state index in [1.807, 2.05) is 26.2 Å². The van der Waals surface area contributed by atoms with E-state index >= 15 is 0 Å². The van der Waals surface area contributed by atoms with Crippen LogP contribution in [-0.4, -0.2) is 61.3 Å². The Bertz CT molecular complexity index is 1200. The van der Waals surface area contributed by atoms with Crippen LogP contribution in [0.3, 0.4) is 0 Å². The summed E-state index contributed by atoms with van der Waals surface area (Å²) in [5.74, 6) is 2.04. The van der Waals surface area contributed by atoms with Gasteiger partial charge in [-0.3, -0.25) is 0 Å². The highest BCUT2D eigenvalue weighted by Gasteiger charge is 2.45. The Hall–Kier alpha value is -2.39. The van der Waals surface area contributed by atoms with Crippen LogP contribution in [0.1, 0.15) is 6.42 Å². The van der Waals surface area contributed by atoms with Gasteiger partial charge in [-0.25, -0.2) is 14.4 Å². The Balaban J connectivity index is 1.50. The number of rotatable bonds is 8. The number of fused-ring (bicyclic) bond motifs is 3. The van der Waals surface area contributed by atoms with Crippen molar-refractivity contribution in [3.05, 3.63) is 46.5 Å². The molecule has 34 heavy (non-hydrogen) atoms. The number of ether oxygens (including phenoxy) is 2. The number of hydrogen-bond donors (Lipinski definition) is 2. The maximum atomic E-state index is 14.7. The number of nitrogens with zero attached hydrogens (tertiary/aromatic N) is 3. The minimum atomic E-state index is -0.643. The number of nitrogens with one attached hydrogen (secondary N) is 2. The van der Waals surface area contributed by atoms with Gasteiger partial charge >= 0.3 is 0 Å². The molecule has 1 aliphatic carbocycles. The summed E-state index contributed by atoms with van der Waals surface area (Å²) in [6.45, 7) is 3.19. The predicted octanol–water partition coefficient (Wildman–Crippen LogP) is 4.75. The van der Waals surface area contributed by atoms with Crippen LogP contribution in [0.15, 0.2) is 30.6 Å². The van der Waals surface area contributed by atoms with Gasteiger partial charge in [-0.1, -0.05) is 23.2 Å². The molecular formula is C24H26Cl2FN5O2. The van der Waals surface area contributed by atoms with E-state index in [9.17, 15) is 4.39 Å². The molecule has 7 nitrogen and oxygen atoms in total. The Labute approximate surface area is 207 Å². The molecule has 5 rings (SSSR count). The number of aromatic nitrogens is 2.